The Balaban J connectivity index is 2.33. The first-order chi connectivity index (χ1) is 9.30. The van der Waals surface area contributed by atoms with Crippen LogP contribution in [0.3, 0.4) is 0 Å². The Labute approximate surface area is 121 Å². The number of hydrogen-bond acceptors (Lipinski definition) is 3. The molecule has 1 saturated heterocycles. The lowest BCUT2D eigenvalue weighted by Gasteiger charge is -2.30. The largest absolute Gasteiger partial charge is 0.481 e. The Bertz CT molecular complexity index is 329. The summed E-state index contributed by atoms with van der Waals surface area (Å²) in [5.74, 6) is -0.514. The van der Waals surface area contributed by atoms with E-state index in [0.717, 1.165) is 19.3 Å². The lowest BCUT2D eigenvalue weighted by Crippen LogP contribution is -2.36. The number of carboxylic acid groups (broad SMARTS) is 1. The molecular weight excluding hydrogens is 258 g/mol. The zero-order valence-electron chi connectivity index (χ0n) is 12.8. The lowest BCUT2D eigenvalue weighted by atomic mass is 9.76. The highest BCUT2D eigenvalue weighted by molar-refractivity contribution is 5.80. The van der Waals surface area contributed by atoms with Crippen molar-refractivity contribution in [1.29, 1.82) is 0 Å². The van der Waals surface area contributed by atoms with Gasteiger partial charge in [0.2, 0.25) is 5.91 Å². The smallest absolute Gasteiger partial charge is 0.303 e. The fraction of sp³-hybridized carbons (Fsp3) is 0.867. The first kappa shape index (κ1) is 17.0. The summed E-state index contributed by atoms with van der Waals surface area (Å²) in [5.41, 5.74) is 0.0457. The molecule has 1 amide bonds. The highest BCUT2D eigenvalue weighted by Gasteiger charge is 2.26. The second-order valence-corrected chi connectivity index (χ2v) is 6.58. The van der Waals surface area contributed by atoms with Gasteiger partial charge in [-0.2, -0.15) is 0 Å². The number of hydrogen-bond donors (Lipinski definition) is 2. The monoisotopic (exact) mass is 285 g/mol. The SMILES string of the molecule is CC(C)(C)C(CCNC(=O)C1CCCO1)CCC(=O)O. The van der Waals surface area contributed by atoms with Crippen molar-refractivity contribution in [1.82, 2.24) is 5.32 Å². The summed E-state index contributed by atoms with van der Waals surface area (Å²) < 4.78 is 5.33. The normalized spacial score (nSPS) is 20.6. The van der Waals surface area contributed by atoms with Crippen LogP contribution in [0.15, 0.2) is 0 Å². The van der Waals surface area contributed by atoms with Crippen LogP contribution in [0.4, 0.5) is 0 Å². The van der Waals surface area contributed by atoms with Crippen LogP contribution < -0.4 is 5.32 Å². The minimum absolute atomic E-state index is 0.0339. The zero-order chi connectivity index (χ0) is 15.2. The Hall–Kier alpha value is -1.10. The standard InChI is InChI=1S/C15H27NO4/c1-15(2,3)11(6-7-13(17)18)8-9-16-14(19)12-5-4-10-20-12/h11-12H,4-10H2,1-3H3,(H,16,19)(H,17,18). The van der Waals surface area contributed by atoms with E-state index in [1.807, 2.05) is 0 Å². The van der Waals surface area contributed by atoms with E-state index in [4.69, 9.17) is 9.84 Å². The summed E-state index contributed by atoms with van der Waals surface area (Å²) in [6, 6.07) is 0. The van der Waals surface area contributed by atoms with Crippen LogP contribution >= 0.6 is 0 Å². The van der Waals surface area contributed by atoms with Gasteiger partial charge in [-0.05, 0) is 37.0 Å². The van der Waals surface area contributed by atoms with E-state index < -0.39 is 5.97 Å². The van der Waals surface area contributed by atoms with Crippen LogP contribution in [0.2, 0.25) is 0 Å². The highest BCUT2D eigenvalue weighted by Crippen LogP contribution is 2.32. The van der Waals surface area contributed by atoms with E-state index in [9.17, 15) is 9.59 Å². The summed E-state index contributed by atoms with van der Waals surface area (Å²) in [4.78, 5) is 22.5. The van der Waals surface area contributed by atoms with Crippen molar-refractivity contribution in [2.45, 2.75) is 59.0 Å². The van der Waals surface area contributed by atoms with Gasteiger partial charge in [0.15, 0.2) is 0 Å². The molecule has 2 N–H and O–H groups in total. The topological polar surface area (TPSA) is 75.6 Å². The minimum Gasteiger partial charge on any atom is -0.481 e. The van der Waals surface area contributed by atoms with Gasteiger partial charge in [0, 0.05) is 19.6 Å². The summed E-state index contributed by atoms with van der Waals surface area (Å²) in [5, 5.41) is 11.7. The molecule has 0 spiro atoms. The molecule has 20 heavy (non-hydrogen) atoms. The number of carboxylic acids is 1. The molecule has 0 saturated carbocycles. The van der Waals surface area contributed by atoms with Gasteiger partial charge < -0.3 is 15.2 Å². The third-order valence-electron chi connectivity index (χ3n) is 3.95. The first-order valence-electron chi connectivity index (χ1n) is 7.42. The second-order valence-electron chi connectivity index (χ2n) is 6.58. The molecule has 0 radical (unpaired) electrons. The van der Waals surface area contributed by atoms with Crippen LogP contribution in [-0.2, 0) is 14.3 Å². The molecule has 0 aliphatic carbocycles. The number of rotatable bonds is 7. The number of carbonyl (C=O) groups is 2. The maximum atomic E-state index is 11.8. The van der Waals surface area contributed by atoms with Gasteiger partial charge in [-0.25, -0.2) is 0 Å². The van der Waals surface area contributed by atoms with E-state index in [0.29, 0.717) is 19.6 Å². The van der Waals surface area contributed by atoms with Gasteiger partial charge in [-0.15, -0.1) is 0 Å². The van der Waals surface area contributed by atoms with Gasteiger partial charge >= 0.3 is 5.97 Å². The average molecular weight is 285 g/mol. The average Bonchev–Trinajstić information content (AvgIpc) is 2.84. The molecule has 1 heterocycles. The molecule has 0 aromatic rings. The van der Waals surface area contributed by atoms with Crippen LogP contribution in [0.5, 0.6) is 0 Å². The van der Waals surface area contributed by atoms with Gasteiger partial charge in [0.05, 0.1) is 0 Å². The fourth-order valence-electron chi connectivity index (χ4n) is 2.58. The fourth-order valence-corrected chi connectivity index (χ4v) is 2.58. The van der Waals surface area contributed by atoms with Gasteiger partial charge in [0.25, 0.3) is 0 Å². The Kier molecular flexibility index (Phi) is 6.46. The molecule has 0 bridgehead atoms. The molecule has 5 nitrogen and oxygen atoms in total. The third-order valence-corrected chi connectivity index (χ3v) is 3.95. The number of amides is 1. The molecule has 5 heteroatoms. The summed E-state index contributed by atoms with van der Waals surface area (Å²) in [7, 11) is 0. The highest BCUT2D eigenvalue weighted by atomic mass is 16.5. The van der Waals surface area contributed by atoms with Crippen molar-refractivity contribution in [3.8, 4) is 0 Å². The Morgan fingerprint density at radius 3 is 2.55 bits per heavy atom. The maximum Gasteiger partial charge on any atom is 0.303 e. The van der Waals surface area contributed by atoms with Crippen molar-refractivity contribution in [2.75, 3.05) is 13.2 Å². The lowest BCUT2D eigenvalue weighted by molar-refractivity contribution is -0.137. The number of ether oxygens (including phenoxy) is 1. The molecule has 2 atom stereocenters. The van der Waals surface area contributed by atoms with Crippen molar-refractivity contribution >= 4 is 11.9 Å². The molecular formula is C15H27NO4. The molecule has 1 rings (SSSR count). The van der Waals surface area contributed by atoms with Crippen LogP contribution in [0.1, 0.15) is 52.9 Å². The van der Waals surface area contributed by atoms with Crippen LogP contribution in [-0.4, -0.2) is 36.2 Å². The molecule has 1 aliphatic rings. The molecule has 0 aromatic carbocycles. The second kappa shape index (κ2) is 7.62. The van der Waals surface area contributed by atoms with E-state index in [1.54, 1.807) is 0 Å². The van der Waals surface area contributed by atoms with Crippen molar-refractivity contribution in [3.05, 3.63) is 0 Å². The number of nitrogens with one attached hydrogen (secondary N) is 1. The number of carbonyl (C=O) groups excluding carboxylic acids is 1. The molecule has 1 fully saturated rings. The van der Waals surface area contributed by atoms with Gasteiger partial charge in [-0.3, -0.25) is 9.59 Å². The van der Waals surface area contributed by atoms with Gasteiger partial charge in [0.1, 0.15) is 6.10 Å². The Morgan fingerprint density at radius 2 is 2.05 bits per heavy atom. The summed E-state index contributed by atoms with van der Waals surface area (Å²) in [6.07, 6.45) is 3.09. The van der Waals surface area contributed by atoms with E-state index in [1.165, 1.54) is 0 Å². The van der Waals surface area contributed by atoms with E-state index >= 15 is 0 Å². The minimum atomic E-state index is -0.761. The Morgan fingerprint density at radius 1 is 1.35 bits per heavy atom. The quantitative estimate of drug-likeness (QED) is 0.752. The van der Waals surface area contributed by atoms with Crippen molar-refractivity contribution < 1.29 is 19.4 Å². The first-order valence-corrected chi connectivity index (χ1v) is 7.42. The van der Waals surface area contributed by atoms with E-state index in [2.05, 4.69) is 26.1 Å². The van der Waals surface area contributed by atoms with E-state index in [-0.39, 0.29) is 29.8 Å². The predicted octanol–water partition coefficient (Wildman–Crippen LogP) is 2.20. The molecule has 1 aliphatic heterocycles. The third kappa shape index (κ3) is 5.90. The van der Waals surface area contributed by atoms with Gasteiger partial charge in [-0.1, -0.05) is 20.8 Å². The van der Waals surface area contributed by atoms with Crippen molar-refractivity contribution in [3.63, 3.8) is 0 Å². The maximum absolute atomic E-state index is 11.8. The van der Waals surface area contributed by atoms with Crippen molar-refractivity contribution in [2.24, 2.45) is 11.3 Å². The molecule has 116 valence electrons. The molecule has 0 aromatic heterocycles. The van der Waals surface area contributed by atoms with Crippen LogP contribution in [0.25, 0.3) is 0 Å². The summed E-state index contributed by atoms with van der Waals surface area (Å²) in [6.45, 7) is 7.59. The predicted molar refractivity (Wildman–Crippen MR) is 76.4 cm³/mol. The van der Waals surface area contributed by atoms with Crippen LogP contribution in [0, 0.1) is 11.3 Å². The number of aliphatic carboxylic acids is 1. The zero-order valence-corrected chi connectivity index (χ0v) is 12.8. The summed E-state index contributed by atoms with van der Waals surface area (Å²) >= 11 is 0. The molecule has 2 unspecified atom stereocenters.